The number of benzene rings is 1. The van der Waals surface area contributed by atoms with Gasteiger partial charge in [-0.1, -0.05) is 17.7 Å². The van der Waals surface area contributed by atoms with Crippen LogP contribution >= 0.6 is 0 Å². The van der Waals surface area contributed by atoms with Gasteiger partial charge < -0.3 is 4.74 Å². The van der Waals surface area contributed by atoms with Crippen molar-refractivity contribution in [1.29, 1.82) is 0 Å². The number of ether oxygens (including phenoxy) is 1. The summed E-state index contributed by atoms with van der Waals surface area (Å²) >= 11 is 0. The topological polar surface area (TPSA) is 26.3 Å². The average Bonchev–Trinajstić information content (AvgIpc) is 2.34. The molecule has 20 heavy (non-hydrogen) atoms. The van der Waals surface area contributed by atoms with Crippen LogP contribution in [0.2, 0.25) is 0 Å². The lowest BCUT2D eigenvalue weighted by Gasteiger charge is -2.21. The van der Waals surface area contributed by atoms with Crippen molar-refractivity contribution in [2.75, 3.05) is 7.11 Å². The Morgan fingerprint density at radius 1 is 1.15 bits per heavy atom. The van der Waals surface area contributed by atoms with Crippen LogP contribution < -0.4 is 0 Å². The highest BCUT2D eigenvalue weighted by Gasteiger charge is 2.61. The highest BCUT2D eigenvalue weighted by atomic mass is 32.2. The van der Waals surface area contributed by atoms with Crippen molar-refractivity contribution in [3.05, 3.63) is 41.0 Å². The van der Waals surface area contributed by atoms with Crippen LogP contribution in [-0.2, 0) is 15.5 Å². The van der Waals surface area contributed by atoms with E-state index in [1.807, 2.05) is 0 Å². The Kier molecular flexibility index (Phi) is 4.90. The first kappa shape index (κ1) is 16.6. The van der Waals surface area contributed by atoms with Crippen LogP contribution in [0.5, 0.6) is 0 Å². The summed E-state index contributed by atoms with van der Waals surface area (Å²) in [7, 11) is -1.51. The van der Waals surface area contributed by atoms with E-state index in [0.717, 1.165) is 5.56 Å². The first-order valence-corrected chi connectivity index (χ1v) is 6.49. The van der Waals surface area contributed by atoms with Gasteiger partial charge in [0, 0.05) is 4.90 Å². The summed E-state index contributed by atoms with van der Waals surface area (Å²) in [6.07, 6.45) is -5.81. The SMILES string of the molecule is CO/C(=C\S(=O)c1ccc(C)cc1)C(F)(F)C(F)(F)F. The van der Waals surface area contributed by atoms with Crippen molar-refractivity contribution in [3.63, 3.8) is 0 Å². The zero-order valence-corrected chi connectivity index (χ0v) is 11.3. The molecule has 0 heterocycles. The van der Waals surface area contributed by atoms with E-state index in [4.69, 9.17) is 0 Å². The lowest BCUT2D eigenvalue weighted by atomic mass is 10.2. The monoisotopic (exact) mass is 314 g/mol. The molecule has 0 N–H and O–H groups in total. The van der Waals surface area contributed by atoms with Crippen LogP contribution in [0.25, 0.3) is 0 Å². The number of allylic oxidation sites excluding steroid dienone is 1. The molecule has 0 spiro atoms. The number of rotatable bonds is 4. The predicted molar refractivity (Wildman–Crippen MR) is 63.7 cm³/mol. The zero-order valence-electron chi connectivity index (χ0n) is 10.5. The third-order valence-electron chi connectivity index (χ3n) is 2.35. The number of alkyl halides is 5. The predicted octanol–water partition coefficient (Wildman–Crippen LogP) is 3.79. The molecule has 1 unspecified atom stereocenters. The molecule has 0 bridgehead atoms. The summed E-state index contributed by atoms with van der Waals surface area (Å²) < 4.78 is 78.6. The minimum atomic E-state index is -5.81. The van der Waals surface area contributed by atoms with Crippen LogP contribution in [0, 0.1) is 6.92 Å². The summed E-state index contributed by atoms with van der Waals surface area (Å²) in [6, 6.07) is 5.88. The molecule has 1 aromatic carbocycles. The van der Waals surface area contributed by atoms with Gasteiger partial charge in [-0.2, -0.15) is 22.0 Å². The average molecular weight is 314 g/mol. The molecule has 1 aromatic rings. The second-order valence-corrected chi connectivity index (χ2v) is 5.17. The smallest absolute Gasteiger partial charge is 0.461 e. The Hall–Kier alpha value is -1.44. The molecule has 0 aliphatic heterocycles. The van der Waals surface area contributed by atoms with Gasteiger partial charge in [0.1, 0.15) is 0 Å². The fourth-order valence-electron chi connectivity index (χ4n) is 1.23. The molecule has 1 atom stereocenters. The first-order valence-electron chi connectivity index (χ1n) is 5.27. The quantitative estimate of drug-likeness (QED) is 0.624. The third kappa shape index (κ3) is 3.56. The fourth-order valence-corrected chi connectivity index (χ4v) is 2.21. The number of methoxy groups -OCH3 is 1. The first-order chi connectivity index (χ1) is 9.09. The Labute approximate surface area is 114 Å². The van der Waals surface area contributed by atoms with E-state index >= 15 is 0 Å². The van der Waals surface area contributed by atoms with Crippen molar-refractivity contribution in [1.82, 2.24) is 0 Å². The molecule has 0 aliphatic carbocycles. The van der Waals surface area contributed by atoms with Crippen LogP contribution in [0.1, 0.15) is 5.56 Å². The van der Waals surface area contributed by atoms with Gasteiger partial charge in [-0.15, -0.1) is 0 Å². The lowest BCUT2D eigenvalue weighted by Crippen LogP contribution is -2.39. The number of hydrogen-bond acceptors (Lipinski definition) is 2. The van der Waals surface area contributed by atoms with Crippen molar-refractivity contribution < 1.29 is 30.9 Å². The minimum Gasteiger partial charge on any atom is -0.494 e. The van der Waals surface area contributed by atoms with E-state index in [-0.39, 0.29) is 10.3 Å². The molecular weight excluding hydrogens is 303 g/mol. The minimum absolute atomic E-state index is 0.100. The van der Waals surface area contributed by atoms with Crippen LogP contribution in [0.4, 0.5) is 22.0 Å². The highest BCUT2D eigenvalue weighted by Crippen LogP contribution is 2.41. The normalized spacial score (nSPS) is 15.1. The standard InChI is InChI=1S/C12H11F5O2S/c1-8-3-5-9(6-4-8)20(18)7-10(19-2)11(13,14)12(15,16)17/h3-7H,1-2H3/b10-7-. The molecule has 8 heteroatoms. The molecule has 0 aliphatic rings. The zero-order chi connectivity index (χ0) is 15.6. The van der Waals surface area contributed by atoms with E-state index in [0.29, 0.717) is 7.11 Å². The van der Waals surface area contributed by atoms with Crippen molar-refractivity contribution in [2.24, 2.45) is 0 Å². The molecule has 0 saturated heterocycles. The Morgan fingerprint density at radius 3 is 2.05 bits per heavy atom. The van der Waals surface area contributed by atoms with Gasteiger partial charge >= 0.3 is 12.1 Å². The van der Waals surface area contributed by atoms with Gasteiger partial charge in [-0.05, 0) is 19.1 Å². The Bertz CT molecular complexity index is 520. The summed E-state index contributed by atoms with van der Waals surface area (Å²) in [5, 5.41) is 0.262. The molecule has 0 saturated carbocycles. The maximum absolute atomic E-state index is 13.1. The molecule has 1 rings (SSSR count). The Balaban J connectivity index is 3.12. The van der Waals surface area contributed by atoms with E-state index in [1.54, 1.807) is 19.1 Å². The maximum Gasteiger partial charge on any atom is 0.461 e. The molecular formula is C12H11F5O2S. The van der Waals surface area contributed by atoms with Gasteiger partial charge in [-0.3, -0.25) is 0 Å². The molecule has 0 fully saturated rings. The van der Waals surface area contributed by atoms with E-state index in [1.165, 1.54) is 12.1 Å². The van der Waals surface area contributed by atoms with E-state index in [2.05, 4.69) is 4.74 Å². The summed E-state index contributed by atoms with van der Waals surface area (Å²) in [4.78, 5) is 0.100. The van der Waals surface area contributed by atoms with Gasteiger partial charge in [0.25, 0.3) is 0 Å². The van der Waals surface area contributed by atoms with E-state index < -0.39 is 28.7 Å². The largest absolute Gasteiger partial charge is 0.494 e. The second-order valence-electron chi connectivity index (χ2n) is 3.87. The fraction of sp³-hybridized carbons (Fsp3) is 0.333. The van der Waals surface area contributed by atoms with Gasteiger partial charge in [0.05, 0.1) is 23.3 Å². The third-order valence-corrected chi connectivity index (χ3v) is 3.52. The van der Waals surface area contributed by atoms with Crippen molar-refractivity contribution in [3.8, 4) is 0 Å². The lowest BCUT2D eigenvalue weighted by molar-refractivity contribution is -0.275. The van der Waals surface area contributed by atoms with E-state index in [9.17, 15) is 26.2 Å². The summed E-state index contributed by atoms with van der Waals surface area (Å²) in [5.74, 6) is -6.88. The van der Waals surface area contributed by atoms with Gasteiger partial charge in [0.2, 0.25) is 0 Å². The molecule has 112 valence electrons. The second kappa shape index (κ2) is 5.90. The number of hydrogen-bond donors (Lipinski definition) is 0. The molecule has 0 amide bonds. The van der Waals surface area contributed by atoms with Crippen molar-refractivity contribution >= 4 is 10.8 Å². The highest BCUT2D eigenvalue weighted by molar-refractivity contribution is 7.88. The van der Waals surface area contributed by atoms with Crippen molar-refractivity contribution in [2.45, 2.75) is 23.9 Å². The van der Waals surface area contributed by atoms with Crippen LogP contribution in [0.3, 0.4) is 0 Å². The molecule has 2 nitrogen and oxygen atoms in total. The van der Waals surface area contributed by atoms with Gasteiger partial charge in [-0.25, -0.2) is 4.21 Å². The van der Waals surface area contributed by atoms with Crippen LogP contribution in [-0.4, -0.2) is 23.4 Å². The Morgan fingerprint density at radius 2 is 1.65 bits per heavy atom. The summed E-state index contributed by atoms with van der Waals surface area (Å²) in [5.41, 5.74) is 0.835. The molecule has 0 radical (unpaired) electrons. The maximum atomic E-state index is 13.1. The van der Waals surface area contributed by atoms with Gasteiger partial charge in [0.15, 0.2) is 5.76 Å². The van der Waals surface area contributed by atoms with Crippen LogP contribution in [0.15, 0.2) is 40.3 Å². The number of halogens is 5. The summed E-state index contributed by atoms with van der Waals surface area (Å²) in [6.45, 7) is 1.75. The molecule has 0 aromatic heterocycles. The number of aryl methyl sites for hydroxylation is 1.